The smallest absolute Gasteiger partial charge is 0.342 e. The molecule has 0 radical (unpaired) electrons. The van der Waals surface area contributed by atoms with Crippen molar-refractivity contribution >= 4 is 28.4 Å². The monoisotopic (exact) mass is 431 g/mol. The second kappa shape index (κ2) is 8.27. The molecule has 2 aromatic heterocycles. The summed E-state index contributed by atoms with van der Waals surface area (Å²) in [4.78, 5) is 17.7. The minimum absolute atomic E-state index is 0.332. The van der Waals surface area contributed by atoms with Crippen molar-refractivity contribution in [1.29, 1.82) is 0 Å². The fourth-order valence-electron chi connectivity index (χ4n) is 4.80. The maximum Gasteiger partial charge on any atom is 0.342 e. The largest absolute Gasteiger partial charge is 0.456 e. The summed E-state index contributed by atoms with van der Waals surface area (Å²) >= 11 is 0. The van der Waals surface area contributed by atoms with Gasteiger partial charge in [0.25, 0.3) is 0 Å². The van der Waals surface area contributed by atoms with Crippen molar-refractivity contribution in [1.82, 2.24) is 9.55 Å². The van der Waals surface area contributed by atoms with E-state index in [0.29, 0.717) is 17.3 Å². The van der Waals surface area contributed by atoms with Crippen LogP contribution in [-0.4, -0.2) is 21.1 Å². The molecule has 1 N–H and O–H groups in total. The zero-order chi connectivity index (χ0) is 22.3. The number of anilines is 2. The number of rotatable bonds is 6. The molecule has 0 atom stereocenters. The van der Waals surface area contributed by atoms with E-state index in [9.17, 15) is 4.79 Å². The van der Waals surface area contributed by atoms with Gasteiger partial charge in [0.2, 0.25) is 0 Å². The molecule has 0 amide bonds. The highest BCUT2D eigenvalue weighted by Crippen LogP contribution is 2.41. The maximum absolute atomic E-state index is 13.0. The van der Waals surface area contributed by atoms with Gasteiger partial charge in [-0.15, -0.1) is 0 Å². The van der Waals surface area contributed by atoms with Gasteiger partial charge >= 0.3 is 5.97 Å². The van der Waals surface area contributed by atoms with E-state index in [-0.39, 0.29) is 5.97 Å². The number of carbonyl (C=O) groups is 1. The summed E-state index contributed by atoms with van der Waals surface area (Å²) in [6, 6.07) is 10.4. The number of aromatic nitrogens is 2. The van der Waals surface area contributed by atoms with Crippen LogP contribution >= 0.6 is 0 Å². The van der Waals surface area contributed by atoms with Gasteiger partial charge < -0.3 is 14.6 Å². The van der Waals surface area contributed by atoms with Gasteiger partial charge in [-0.2, -0.15) is 0 Å². The highest BCUT2D eigenvalue weighted by atomic mass is 16.6. The highest BCUT2D eigenvalue weighted by molar-refractivity contribution is 5.99. The molecule has 168 valence electrons. The molecule has 2 fully saturated rings. The first-order valence-corrected chi connectivity index (χ1v) is 12.0. The second-order valence-corrected chi connectivity index (χ2v) is 10.4. The number of nitrogens with one attached hydrogen (secondary N) is 1. The molecule has 3 aromatic rings. The van der Waals surface area contributed by atoms with Gasteiger partial charge in [-0.3, -0.25) is 0 Å². The summed E-state index contributed by atoms with van der Waals surface area (Å²) in [6.07, 6.45) is 11.8. The Hall–Kier alpha value is -2.82. The molecule has 5 rings (SSSR count). The number of fused-ring (bicyclic) bond motifs is 1. The van der Waals surface area contributed by atoms with Gasteiger partial charge in [-0.25, -0.2) is 9.78 Å². The number of hydrogen-bond acceptors (Lipinski definition) is 4. The molecule has 0 unspecified atom stereocenters. The number of carbonyl (C=O) groups excluding carboxylic acids is 1. The van der Waals surface area contributed by atoms with E-state index < -0.39 is 5.60 Å². The summed E-state index contributed by atoms with van der Waals surface area (Å²) < 4.78 is 8.07. The van der Waals surface area contributed by atoms with Gasteiger partial charge in [-0.05, 0) is 88.1 Å². The van der Waals surface area contributed by atoms with E-state index in [1.807, 2.05) is 33.0 Å². The summed E-state index contributed by atoms with van der Waals surface area (Å²) in [5.41, 5.74) is 3.25. The molecule has 0 aliphatic heterocycles. The van der Waals surface area contributed by atoms with E-state index in [2.05, 4.69) is 45.3 Å². The Balaban J connectivity index is 1.46. The van der Waals surface area contributed by atoms with E-state index >= 15 is 0 Å². The van der Waals surface area contributed by atoms with Crippen molar-refractivity contribution in [3.63, 3.8) is 0 Å². The molecule has 5 nitrogen and oxygen atoms in total. The van der Waals surface area contributed by atoms with Crippen LogP contribution in [0.15, 0.2) is 42.7 Å². The van der Waals surface area contributed by atoms with Crippen molar-refractivity contribution in [3.05, 3.63) is 53.9 Å². The molecular weight excluding hydrogens is 398 g/mol. The Bertz CT molecular complexity index is 1130. The van der Waals surface area contributed by atoms with Gasteiger partial charge in [0, 0.05) is 30.0 Å². The lowest BCUT2D eigenvalue weighted by Gasteiger charge is -2.21. The number of ether oxygens (including phenoxy) is 1. The van der Waals surface area contributed by atoms with Crippen molar-refractivity contribution in [2.24, 2.45) is 5.92 Å². The standard InChI is InChI=1S/C27H33N3O2/c1-27(2,3)32-26(31)22-15-20(19-11-12-19)16-28-25(22)29-23-9-6-10-24-21(23)13-14-30(24)17-18-7-4-5-8-18/h6,9-10,13-16,18-19H,4-5,7-8,11-12,17H2,1-3H3,(H,28,29). The zero-order valence-electron chi connectivity index (χ0n) is 19.4. The van der Waals surface area contributed by atoms with Crippen LogP contribution in [-0.2, 0) is 11.3 Å². The normalized spacial score (nSPS) is 17.1. The molecule has 0 saturated heterocycles. The van der Waals surface area contributed by atoms with Crippen molar-refractivity contribution in [2.75, 3.05) is 5.32 Å². The molecule has 1 aromatic carbocycles. The Morgan fingerprint density at radius 3 is 2.66 bits per heavy atom. The van der Waals surface area contributed by atoms with Crippen LogP contribution in [0.4, 0.5) is 11.5 Å². The van der Waals surface area contributed by atoms with Crippen LogP contribution in [0.3, 0.4) is 0 Å². The van der Waals surface area contributed by atoms with Crippen molar-refractivity contribution < 1.29 is 9.53 Å². The molecule has 2 aliphatic carbocycles. The topological polar surface area (TPSA) is 56.1 Å². The van der Waals surface area contributed by atoms with Crippen LogP contribution < -0.4 is 5.32 Å². The predicted octanol–water partition coefficient (Wildman–Crippen LogP) is 6.80. The van der Waals surface area contributed by atoms with Crippen LogP contribution in [0.1, 0.15) is 81.1 Å². The molecule has 0 bridgehead atoms. The minimum atomic E-state index is -0.554. The number of nitrogens with zero attached hydrogens (tertiary/aromatic N) is 2. The Morgan fingerprint density at radius 1 is 1.16 bits per heavy atom. The van der Waals surface area contributed by atoms with E-state index in [1.54, 1.807) is 0 Å². The van der Waals surface area contributed by atoms with Crippen molar-refractivity contribution in [3.8, 4) is 0 Å². The first-order chi connectivity index (χ1) is 15.4. The minimum Gasteiger partial charge on any atom is -0.456 e. The van der Waals surface area contributed by atoms with Crippen LogP contribution in [0, 0.1) is 5.92 Å². The molecular formula is C27H33N3O2. The third-order valence-corrected chi connectivity index (χ3v) is 6.57. The van der Waals surface area contributed by atoms with Gasteiger partial charge in [0.15, 0.2) is 0 Å². The highest BCUT2D eigenvalue weighted by Gasteiger charge is 2.28. The fourth-order valence-corrected chi connectivity index (χ4v) is 4.80. The summed E-state index contributed by atoms with van der Waals surface area (Å²) in [7, 11) is 0. The SMILES string of the molecule is CC(C)(C)OC(=O)c1cc(C2CC2)cnc1Nc1cccc2c1ccn2CC1CCCC1. The Labute approximate surface area is 190 Å². The number of esters is 1. The van der Waals surface area contributed by atoms with E-state index in [0.717, 1.165) is 41.9 Å². The lowest BCUT2D eigenvalue weighted by atomic mass is 10.1. The van der Waals surface area contributed by atoms with Gasteiger partial charge in [0.1, 0.15) is 17.0 Å². The van der Waals surface area contributed by atoms with Crippen LogP contribution in [0.2, 0.25) is 0 Å². The molecule has 5 heteroatoms. The lowest BCUT2D eigenvalue weighted by Crippen LogP contribution is -2.24. The summed E-state index contributed by atoms with van der Waals surface area (Å²) in [5.74, 6) is 1.52. The predicted molar refractivity (Wildman–Crippen MR) is 129 cm³/mol. The van der Waals surface area contributed by atoms with E-state index in [1.165, 1.54) is 31.2 Å². The average Bonchev–Trinajstić information content (AvgIpc) is 3.31. The summed E-state index contributed by atoms with van der Waals surface area (Å²) in [5, 5.41) is 4.60. The van der Waals surface area contributed by atoms with Crippen LogP contribution in [0.25, 0.3) is 10.9 Å². The first-order valence-electron chi connectivity index (χ1n) is 12.0. The number of benzene rings is 1. The van der Waals surface area contributed by atoms with Crippen LogP contribution in [0.5, 0.6) is 0 Å². The van der Waals surface area contributed by atoms with Gasteiger partial charge in [-0.1, -0.05) is 18.9 Å². The fraction of sp³-hybridized carbons (Fsp3) is 0.481. The van der Waals surface area contributed by atoms with Crippen molar-refractivity contribution in [2.45, 2.75) is 77.4 Å². The molecule has 0 spiro atoms. The Morgan fingerprint density at radius 2 is 1.94 bits per heavy atom. The lowest BCUT2D eigenvalue weighted by molar-refractivity contribution is 0.00702. The third-order valence-electron chi connectivity index (χ3n) is 6.57. The second-order valence-electron chi connectivity index (χ2n) is 10.4. The third kappa shape index (κ3) is 4.52. The first kappa shape index (κ1) is 21.0. The average molecular weight is 432 g/mol. The quantitative estimate of drug-likeness (QED) is 0.436. The molecule has 2 saturated carbocycles. The Kier molecular flexibility index (Phi) is 5.44. The molecule has 2 aliphatic rings. The molecule has 32 heavy (non-hydrogen) atoms. The summed E-state index contributed by atoms with van der Waals surface area (Å²) in [6.45, 7) is 6.75. The van der Waals surface area contributed by atoms with Gasteiger partial charge in [0.05, 0.1) is 5.52 Å². The maximum atomic E-state index is 13.0. The van der Waals surface area contributed by atoms with E-state index in [4.69, 9.17) is 4.74 Å². The number of pyridine rings is 1. The molecule has 2 heterocycles. The number of hydrogen-bond donors (Lipinski definition) is 1. The zero-order valence-corrected chi connectivity index (χ0v) is 19.4.